The Bertz CT molecular complexity index is 546. The van der Waals surface area contributed by atoms with Gasteiger partial charge in [-0.05, 0) is 38.8 Å². The summed E-state index contributed by atoms with van der Waals surface area (Å²) in [6.45, 7) is 5.73. The fraction of sp³-hybridized carbons (Fsp3) is 0.571. The van der Waals surface area contributed by atoms with E-state index in [0.29, 0.717) is 29.7 Å². The van der Waals surface area contributed by atoms with Gasteiger partial charge < -0.3 is 11.1 Å². The minimum atomic E-state index is -0.0666. The number of nitrogens with zero attached hydrogens (tertiary/aromatic N) is 2. The molecule has 1 saturated heterocycles. The molecule has 2 heterocycles. The van der Waals surface area contributed by atoms with Gasteiger partial charge in [-0.15, -0.1) is 11.3 Å². The molecule has 0 aromatic carbocycles. The molecule has 1 aliphatic rings. The zero-order chi connectivity index (χ0) is 14.7. The first-order valence-electron chi connectivity index (χ1n) is 6.80. The van der Waals surface area contributed by atoms with Gasteiger partial charge in [-0.25, -0.2) is 0 Å². The Morgan fingerprint density at radius 3 is 3.00 bits per heavy atom. The number of hydrogen-bond acceptors (Lipinski definition) is 5. The highest BCUT2D eigenvalue weighted by atomic mass is 32.1. The van der Waals surface area contributed by atoms with Crippen LogP contribution in [0.4, 0.5) is 5.00 Å². The molecule has 5 nitrogen and oxygen atoms in total. The third-order valence-corrected chi connectivity index (χ3v) is 4.99. The second kappa shape index (κ2) is 6.35. The number of hydrogen-bond donors (Lipinski definition) is 2. The fourth-order valence-corrected chi connectivity index (χ4v) is 3.60. The summed E-state index contributed by atoms with van der Waals surface area (Å²) in [6, 6.07) is 2.47. The first-order chi connectivity index (χ1) is 9.56. The summed E-state index contributed by atoms with van der Waals surface area (Å²) in [5, 5.41) is 12.7. The van der Waals surface area contributed by atoms with E-state index in [1.165, 1.54) is 11.3 Å². The van der Waals surface area contributed by atoms with E-state index in [4.69, 9.17) is 11.0 Å². The van der Waals surface area contributed by atoms with Gasteiger partial charge in [-0.1, -0.05) is 0 Å². The topological polar surface area (TPSA) is 82.2 Å². The van der Waals surface area contributed by atoms with Gasteiger partial charge >= 0.3 is 0 Å². The lowest BCUT2D eigenvalue weighted by Crippen LogP contribution is -2.40. The largest absolute Gasteiger partial charge is 0.329 e. The molecule has 0 radical (unpaired) electrons. The van der Waals surface area contributed by atoms with Crippen molar-refractivity contribution in [3.8, 4) is 6.07 Å². The predicted octanol–water partition coefficient (Wildman–Crippen LogP) is 1.60. The SMILES string of the molecule is Cc1sc(NC(=O)CN2CCCC2CN)c(C#N)c1C. The van der Waals surface area contributed by atoms with Crippen molar-refractivity contribution in [3.63, 3.8) is 0 Å². The highest BCUT2D eigenvalue weighted by Crippen LogP contribution is 2.31. The van der Waals surface area contributed by atoms with Gasteiger partial charge in [0, 0.05) is 17.5 Å². The summed E-state index contributed by atoms with van der Waals surface area (Å²) in [5.74, 6) is -0.0666. The van der Waals surface area contributed by atoms with Gasteiger partial charge in [0.2, 0.25) is 5.91 Å². The van der Waals surface area contributed by atoms with Crippen molar-refractivity contribution in [3.05, 3.63) is 16.0 Å². The standard InChI is InChI=1S/C14H20N4OS/c1-9-10(2)20-14(12(9)7-16)17-13(19)8-18-5-3-4-11(18)6-15/h11H,3-6,8,15H2,1-2H3,(H,17,19). The number of nitrogens with one attached hydrogen (secondary N) is 1. The molecule has 1 atom stereocenters. The maximum absolute atomic E-state index is 12.1. The molecule has 1 amide bonds. The quantitative estimate of drug-likeness (QED) is 0.883. The molecule has 1 unspecified atom stereocenters. The summed E-state index contributed by atoms with van der Waals surface area (Å²) in [5.41, 5.74) is 7.24. The lowest BCUT2D eigenvalue weighted by atomic mass is 10.2. The number of carbonyl (C=O) groups excluding carboxylic acids is 1. The van der Waals surface area contributed by atoms with Crippen LogP contribution in [0.15, 0.2) is 0 Å². The highest BCUT2D eigenvalue weighted by Gasteiger charge is 2.25. The van der Waals surface area contributed by atoms with Crippen molar-refractivity contribution in [1.29, 1.82) is 5.26 Å². The molecule has 0 bridgehead atoms. The van der Waals surface area contributed by atoms with Crippen LogP contribution >= 0.6 is 11.3 Å². The summed E-state index contributed by atoms with van der Waals surface area (Å²) >= 11 is 1.46. The second-order valence-corrected chi connectivity index (χ2v) is 6.37. The van der Waals surface area contributed by atoms with Crippen molar-refractivity contribution < 1.29 is 4.79 Å². The first-order valence-corrected chi connectivity index (χ1v) is 7.62. The molecule has 1 aromatic rings. The number of aryl methyl sites for hydroxylation is 1. The van der Waals surface area contributed by atoms with Crippen LogP contribution in [-0.4, -0.2) is 36.5 Å². The van der Waals surface area contributed by atoms with E-state index in [1.807, 2.05) is 13.8 Å². The lowest BCUT2D eigenvalue weighted by Gasteiger charge is -2.22. The molecule has 3 N–H and O–H groups in total. The predicted molar refractivity (Wildman–Crippen MR) is 80.8 cm³/mol. The Morgan fingerprint density at radius 2 is 2.35 bits per heavy atom. The van der Waals surface area contributed by atoms with E-state index in [2.05, 4.69) is 16.3 Å². The van der Waals surface area contributed by atoms with Crippen LogP contribution in [-0.2, 0) is 4.79 Å². The van der Waals surface area contributed by atoms with Crippen molar-refractivity contribution in [2.24, 2.45) is 5.73 Å². The third kappa shape index (κ3) is 3.01. The molecule has 0 aliphatic carbocycles. The third-order valence-electron chi connectivity index (χ3n) is 3.87. The monoisotopic (exact) mass is 292 g/mol. The molecular weight excluding hydrogens is 272 g/mol. The zero-order valence-electron chi connectivity index (χ0n) is 11.9. The van der Waals surface area contributed by atoms with Crippen LogP contribution in [0.5, 0.6) is 0 Å². The van der Waals surface area contributed by atoms with E-state index < -0.39 is 0 Å². The van der Waals surface area contributed by atoms with E-state index >= 15 is 0 Å². The van der Waals surface area contributed by atoms with E-state index in [9.17, 15) is 4.79 Å². The van der Waals surface area contributed by atoms with Gasteiger partial charge in [-0.2, -0.15) is 5.26 Å². The van der Waals surface area contributed by atoms with Gasteiger partial charge in [0.1, 0.15) is 11.1 Å². The molecular formula is C14H20N4OS. The summed E-state index contributed by atoms with van der Waals surface area (Å²) < 4.78 is 0. The van der Waals surface area contributed by atoms with Gasteiger partial charge in [0.15, 0.2) is 0 Å². The minimum Gasteiger partial charge on any atom is -0.329 e. The average Bonchev–Trinajstić information content (AvgIpc) is 2.95. The normalized spacial score (nSPS) is 19.0. The van der Waals surface area contributed by atoms with Gasteiger partial charge in [-0.3, -0.25) is 9.69 Å². The van der Waals surface area contributed by atoms with E-state index in [-0.39, 0.29) is 5.91 Å². The lowest BCUT2D eigenvalue weighted by molar-refractivity contribution is -0.117. The average molecular weight is 292 g/mol. The summed E-state index contributed by atoms with van der Waals surface area (Å²) in [4.78, 5) is 15.3. The van der Waals surface area contributed by atoms with Crippen molar-refractivity contribution in [2.75, 3.05) is 25.0 Å². The van der Waals surface area contributed by atoms with Crippen molar-refractivity contribution in [2.45, 2.75) is 32.7 Å². The number of carbonyl (C=O) groups is 1. The molecule has 1 aromatic heterocycles. The van der Waals surface area contributed by atoms with Crippen LogP contribution in [0.1, 0.15) is 28.8 Å². The Balaban J connectivity index is 2.02. The number of likely N-dealkylation sites (tertiary alicyclic amines) is 1. The number of thiophene rings is 1. The van der Waals surface area contributed by atoms with E-state index in [0.717, 1.165) is 29.8 Å². The maximum atomic E-state index is 12.1. The number of nitrogens with two attached hydrogens (primary N) is 1. The number of amides is 1. The van der Waals surface area contributed by atoms with Gasteiger partial charge in [0.05, 0.1) is 12.1 Å². The summed E-state index contributed by atoms with van der Waals surface area (Å²) in [7, 11) is 0. The van der Waals surface area contributed by atoms with Crippen LogP contribution in [0, 0.1) is 25.2 Å². The van der Waals surface area contributed by atoms with Crippen LogP contribution in [0.2, 0.25) is 0 Å². The Labute approximate surface area is 123 Å². The molecule has 2 rings (SSSR count). The maximum Gasteiger partial charge on any atom is 0.239 e. The van der Waals surface area contributed by atoms with E-state index in [1.54, 1.807) is 0 Å². The smallest absolute Gasteiger partial charge is 0.239 e. The molecule has 20 heavy (non-hydrogen) atoms. The molecule has 6 heteroatoms. The Kier molecular flexibility index (Phi) is 4.76. The highest BCUT2D eigenvalue weighted by molar-refractivity contribution is 7.16. The number of rotatable bonds is 4. The summed E-state index contributed by atoms with van der Waals surface area (Å²) in [6.07, 6.45) is 2.15. The van der Waals surface area contributed by atoms with Crippen molar-refractivity contribution >= 4 is 22.2 Å². The van der Waals surface area contributed by atoms with Crippen LogP contribution in [0.3, 0.4) is 0 Å². The zero-order valence-corrected chi connectivity index (χ0v) is 12.7. The molecule has 0 spiro atoms. The second-order valence-electron chi connectivity index (χ2n) is 5.15. The molecule has 1 aliphatic heterocycles. The van der Waals surface area contributed by atoms with Crippen molar-refractivity contribution in [1.82, 2.24) is 4.90 Å². The minimum absolute atomic E-state index is 0.0666. The number of anilines is 1. The molecule has 1 fully saturated rings. The molecule has 108 valence electrons. The van der Waals surface area contributed by atoms with Crippen LogP contribution < -0.4 is 11.1 Å². The van der Waals surface area contributed by atoms with Gasteiger partial charge in [0.25, 0.3) is 0 Å². The van der Waals surface area contributed by atoms with Crippen LogP contribution in [0.25, 0.3) is 0 Å². The fourth-order valence-electron chi connectivity index (χ4n) is 2.57. The Morgan fingerprint density at radius 1 is 1.60 bits per heavy atom. The molecule has 0 saturated carbocycles. The first kappa shape index (κ1) is 15.0. The Hall–Kier alpha value is -1.42. The number of nitriles is 1.